The molecular formula is C14H11BrCl2N4O2. The number of imidazole rings is 1. The molecule has 0 radical (unpaired) electrons. The van der Waals surface area contributed by atoms with Crippen molar-refractivity contribution in [3.8, 4) is 0 Å². The fourth-order valence-electron chi connectivity index (χ4n) is 2.44. The second-order valence-corrected chi connectivity index (χ2v) is 6.57. The van der Waals surface area contributed by atoms with Crippen LogP contribution in [0.25, 0.3) is 11.2 Å². The molecule has 0 amide bonds. The van der Waals surface area contributed by atoms with Crippen LogP contribution in [0.2, 0.25) is 10.0 Å². The maximum atomic E-state index is 12.3. The van der Waals surface area contributed by atoms with Crippen molar-refractivity contribution < 1.29 is 0 Å². The topological polar surface area (TPSA) is 61.8 Å². The number of nitrogens with zero attached hydrogens (tertiary/aromatic N) is 4. The van der Waals surface area contributed by atoms with Gasteiger partial charge in [-0.3, -0.25) is 18.5 Å². The van der Waals surface area contributed by atoms with Crippen molar-refractivity contribution in [3.05, 3.63) is 59.4 Å². The Balaban J connectivity index is 2.33. The summed E-state index contributed by atoms with van der Waals surface area (Å²) in [6.45, 7) is 0.274. The molecule has 0 saturated carbocycles. The lowest BCUT2D eigenvalue weighted by atomic mass is 10.2. The summed E-state index contributed by atoms with van der Waals surface area (Å²) in [6, 6.07) is 5.21. The third-order valence-electron chi connectivity index (χ3n) is 3.67. The van der Waals surface area contributed by atoms with Gasteiger partial charge >= 0.3 is 5.69 Å². The van der Waals surface area contributed by atoms with Gasteiger partial charge in [0.15, 0.2) is 15.9 Å². The second-order valence-electron chi connectivity index (χ2n) is 5.05. The summed E-state index contributed by atoms with van der Waals surface area (Å²) < 4.78 is 4.50. The van der Waals surface area contributed by atoms with Gasteiger partial charge in [-0.15, -0.1) is 0 Å². The van der Waals surface area contributed by atoms with Gasteiger partial charge in [0.1, 0.15) is 0 Å². The van der Waals surface area contributed by atoms with Crippen molar-refractivity contribution in [1.29, 1.82) is 0 Å². The highest BCUT2D eigenvalue weighted by atomic mass is 79.9. The highest BCUT2D eigenvalue weighted by Crippen LogP contribution is 2.27. The van der Waals surface area contributed by atoms with E-state index in [1.165, 1.54) is 11.6 Å². The first-order chi connectivity index (χ1) is 10.8. The van der Waals surface area contributed by atoms with E-state index in [1.54, 1.807) is 29.8 Å². The maximum Gasteiger partial charge on any atom is 0.332 e. The van der Waals surface area contributed by atoms with Crippen LogP contribution in [-0.4, -0.2) is 18.7 Å². The standard InChI is InChI=1S/C14H11BrCl2N4O2/c1-19-11-10(12(22)20(2)14(19)23)18-13(15)21(11)6-7-8(16)4-3-5-9(7)17/h3-5H,6H2,1-2H3. The van der Waals surface area contributed by atoms with Crippen LogP contribution in [0.1, 0.15) is 5.56 Å². The highest BCUT2D eigenvalue weighted by Gasteiger charge is 2.19. The lowest BCUT2D eigenvalue weighted by Gasteiger charge is -2.12. The Morgan fingerprint density at radius 3 is 2.35 bits per heavy atom. The van der Waals surface area contributed by atoms with E-state index in [0.717, 1.165) is 4.57 Å². The molecule has 120 valence electrons. The average Bonchev–Trinajstić information content (AvgIpc) is 2.84. The molecule has 0 bridgehead atoms. The molecule has 0 unspecified atom stereocenters. The molecule has 6 nitrogen and oxygen atoms in total. The predicted molar refractivity (Wildman–Crippen MR) is 93.5 cm³/mol. The quantitative estimate of drug-likeness (QED) is 0.602. The maximum absolute atomic E-state index is 12.3. The Morgan fingerprint density at radius 1 is 1.13 bits per heavy atom. The summed E-state index contributed by atoms with van der Waals surface area (Å²) in [7, 11) is 3.00. The smallest absolute Gasteiger partial charge is 0.300 e. The van der Waals surface area contributed by atoms with Gasteiger partial charge in [0.2, 0.25) is 0 Å². The summed E-state index contributed by atoms with van der Waals surface area (Å²) in [5.74, 6) is 0. The lowest BCUT2D eigenvalue weighted by molar-refractivity contribution is 0.685. The number of halogens is 3. The first-order valence-electron chi connectivity index (χ1n) is 6.57. The number of aromatic nitrogens is 4. The summed E-state index contributed by atoms with van der Waals surface area (Å²) in [5, 5.41) is 1.00. The molecule has 0 aliphatic carbocycles. The fraction of sp³-hybridized carbons (Fsp3) is 0.214. The van der Waals surface area contributed by atoms with E-state index in [-0.39, 0.29) is 12.1 Å². The van der Waals surface area contributed by atoms with E-state index >= 15 is 0 Å². The third-order valence-corrected chi connectivity index (χ3v) is 4.98. The van der Waals surface area contributed by atoms with Crippen LogP contribution in [-0.2, 0) is 20.6 Å². The molecule has 1 aromatic carbocycles. The molecule has 2 heterocycles. The number of benzene rings is 1. The Kier molecular flexibility index (Phi) is 4.12. The summed E-state index contributed by atoms with van der Waals surface area (Å²) in [6.07, 6.45) is 0. The van der Waals surface area contributed by atoms with Crippen LogP contribution in [0.3, 0.4) is 0 Å². The fourth-order valence-corrected chi connectivity index (χ4v) is 3.43. The molecule has 23 heavy (non-hydrogen) atoms. The lowest BCUT2D eigenvalue weighted by Crippen LogP contribution is -2.37. The predicted octanol–water partition coefficient (Wildman–Crippen LogP) is 2.55. The zero-order valence-electron chi connectivity index (χ0n) is 12.2. The molecule has 2 aromatic heterocycles. The number of rotatable bonds is 2. The van der Waals surface area contributed by atoms with Crippen molar-refractivity contribution in [1.82, 2.24) is 18.7 Å². The first kappa shape index (κ1) is 16.3. The first-order valence-corrected chi connectivity index (χ1v) is 8.12. The molecule has 3 rings (SSSR count). The van der Waals surface area contributed by atoms with E-state index in [0.29, 0.717) is 26.0 Å². The average molecular weight is 418 g/mol. The van der Waals surface area contributed by atoms with Gasteiger partial charge < -0.3 is 0 Å². The van der Waals surface area contributed by atoms with Crippen molar-refractivity contribution in [3.63, 3.8) is 0 Å². The zero-order chi connectivity index (χ0) is 16.9. The van der Waals surface area contributed by atoms with Crippen molar-refractivity contribution in [2.75, 3.05) is 0 Å². The largest absolute Gasteiger partial charge is 0.332 e. The van der Waals surface area contributed by atoms with Gasteiger partial charge in [0.25, 0.3) is 5.56 Å². The molecule has 0 aliphatic rings. The Morgan fingerprint density at radius 2 is 1.74 bits per heavy atom. The molecular weight excluding hydrogens is 407 g/mol. The van der Waals surface area contributed by atoms with Crippen LogP contribution >= 0.6 is 39.1 Å². The minimum absolute atomic E-state index is 0.199. The molecule has 0 atom stereocenters. The molecule has 0 spiro atoms. The van der Waals surface area contributed by atoms with Gasteiger partial charge in [-0.1, -0.05) is 29.3 Å². The molecule has 0 fully saturated rings. The minimum Gasteiger partial charge on any atom is -0.300 e. The Hall–Kier alpha value is -1.57. The molecule has 0 aliphatic heterocycles. The number of aryl methyl sites for hydroxylation is 1. The summed E-state index contributed by atoms with van der Waals surface area (Å²) in [4.78, 5) is 28.7. The Labute approximate surface area is 149 Å². The van der Waals surface area contributed by atoms with Crippen LogP contribution in [0.15, 0.2) is 32.5 Å². The van der Waals surface area contributed by atoms with E-state index in [1.807, 2.05) is 0 Å². The van der Waals surface area contributed by atoms with Gasteiger partial charge in [0, 0.05) is 29.7 Å². The van der Waals surface area contributed by atoms with Gasteiger partial charge in [-0.25, -0.2) is 9.78 Å². The minimum atomic E-state index is -0.451. The van der Waals surface area contributed by atoms with Crippen LogP contribution in [0, 0.1) is 0 Å². The second kappa shape index (κ2) is 5.81. The molecule has 3 aromatic rings. The number of fused-ring (bicyclic) bond motifs is 1. The normalized spacial score (nSPS) is 11.3. The van der Waals surface area contributed by atoms with Crippen LogP contribution in [0.4, 0.5) is 0 Å². The van der Waals surface area contributed by atoms with Crippen LogP contribution in [0.5, 0.6) is 0 Å². The van der Waals surface area contributed by atoms with Gasteiger partial charge in [0.05, 0.1) is 6.54 Å². The van der Waals surface area contributed by atoms with E-state index in [2.05, 4.69) is 20.9 Å². The molecule has 0 saturated heterocycles. The van der Waals surface area contributed by atoms with E-state index < -0.39 is 11.2 Å². The van der Waals surface area contributed by atoms with Gasteiger partial charge in [-0.05, 0) is 28.1 Å². The van der Waals surface area contributed by atoms with Crippen molar-refractivity contribution in [2.45, 2.75) is 6.54 Å². The third kappa shape index (κ3) is 2.52. The van der Waals surface area contributed by atoms with Crippen molar-refractivity contribution >= 4 is 50.3 Å². The molecule has 9 heteroatoms. The summed E-state index contributed by atoms with van der Waals surface area (Å²) >= 11 is 15.8. The monoisotopic (exact) mass is 416 g/mol. The van der Waals surface area contributed by atoms with Gasteiger partial charge in [-0.2, -0.15) is 0 Å². The number of hydrogen-bond acceptors (Lipinski definition) is 3. The Bertz CT molecular complexity index is 1030. The van der Waals surface area contributed by atoms with Crippen molar-refractivity contribution in [2.24, 2.45) is 14.1 Å². The highest BCUT2D eigenvalue weighted by molar-refractivity contribution is 9.10. The zero-order valence-corrected chi connectivity index (χ0v) is 15.3. The SMILES string of the molecule is Cn1c(=O)c2nc(Br)n(Cc3c(Cl)cccc3Cl)c2n(C)c1=O. The molecule has 0 N–H and O–H groups in total. The van der Waals surface area contributed by atoms with E-state index in [9.17, 15) is 9.59 Å². The summed E-state index contributed by atoms with van der Waals surface area (Å²) in [5.41, 5.74) is 0.406. The van der Waals surface area contributed by atoms with Crippen LogP contribution < -0.4 is 11.2 Å². The number of hydrogen-bond donors (Lipinski definition) is 0. The van der Waals surface area contributed by atoms with E-state index in [4.69, 9.17) is 23.2 Å².